The van der Waals surface area contributed by atoms with Crippen LogP contribution >= 0.6 is 11.6 Å². The molecule has 0 aliphatic heterocycles. The van der Waals surface area contributed by atoms with Crippen molar-refractivity contribution < 1.29 is 0 Å². The van der Waals surface area contributed by atoms with Gasteiger partial charge < -0.3 is 5.73 Å². The van der Waals surface area contributed by atoms with Crippen molar-refractivity contribution in [3.8, 4) is 0 Å². The Kier molecular flexibility index (Phi) is 5.35. The maximum absolute atomic E-state index is 6.15. The van der Waals surface area contributed by atoms with E-state index in [1.807, 2.05) is 0 Å². The average Bonchev–Trinajstić information content (AvgIpc) is 3.08. The van der Waals surface area contributed by atoms with Crippen molar-refractivity contribution in [1.82, 2.24) is 24.6 Å². The van der Waals surface area contributed by atoms with E-state index in [1.165, 1.54) is 12.5 Å². The van der Waals surface area contributed by atoms with Gasteiger partial charge >= 0.3 is 0 Å². The Labute approximate surface area is 150 Å². The molecular weight excluding hydrogens is 338 g/mol. The number of nitrogens with zero attached hydrogens (tertiary/aromatic N) is 6. The van der Waals surface area contributed by atoms with E-state index in [2.05, 4.69) is 32.0 Å². The Hall–Kier alpha value is -2.80. The minimum atomic E-state index is 0.456. The molecule has 8 heteroatoms. The first-order valence-corrected chi connectivity index (χ1v) is 8.33. The molecule has 0 spiro atoms. The lowest BCUT2D eigenvalue weighted by Gasteiger charge is -2.09. The summed E-state index contributed by atoms with van der Waals surface area (Å²) in [6.07, 6.45) is 10.4. The number of allylic oxidation sites excluding steroid dienone is 1. The van der Waals surface area contributed by atoms with E-state index in [-0.39, 0.29) is 0 Å². The zero-order chi connectivity index (χ0) is 17.6. The van der Waals surface area contributed by atoms with Gasteiger partial charge in [0.2, 0.25) is 0 Å². The number of hydrogen-bond acceptors (Lipinski definition) is 6. The van der Waals surface area contributed by atoms with Crippen LogP contribution in [0.3, 0.4) is 0 Å². The summed E-state index contributed by atoms with van der Waals surface area (Å²) >= 11 is 6.15. The molecule has 25 heavy (non-hydrogen) atoms. The molecular formula is C17H18ClN7. The first-order valence-electron chi connectivity index (χ1n) is 7.95. The third kappa shape index (κ3) is 3.83. The number of aliphatic imine (C=N–C) groups is 1. The first kappa shape index (κ1) is 17.0. The zero-order valence-corrected chi connectivity index (χ0v) is 14.6. The molecule has 3 aromatic rings. The molecule has 0 aliphatic carbocycles. The quantitative estimate of drug-likeness (QED) is 0.686. The molecule has 0 fully saturated rings. The number of halogens is 1. The molecule has 0 saturated carbocycles. The monoisotopic (exact) mass is 355 g/mol. The molecule has 2 N–H and O–H groups in total. The molecule has 7 nitrogen and oxygen atoms in total. The number of fused-ring (bicyclic) bond motifs is 1. The summed E-state index contributed by atoms with van der Waals surface area (Å²) in [5.41, 5.74) is 9.08. The standard InChI is InChI=1S/C17H18ClN7/c1-2-4-13-15(22-11-25-17(13)21-10-23-25)9-12(6-7-19)24-16-14(18)5-3-8-20-16/h3,5-8,10-11H,2,4,9,19H2,1H3. The van der Waals surface area contributed by atoms with Crippen molar-refractivity contribution in [3.05, 3.63) is 59.5 Å². The highest BCUT2D eigenvalue weighted by Gasteiger charge is 2.13. The number of aromatic nitrogens is 5. The van der Waals surface area contributed by atoms with Crippen LogP contribution in [-0.2, 0) is 12.8 Å². The molecule has 3 heterocycles. The molecule has 0 amide bonds. The van der Waals surface area contributed by atoms with Crippen LogP contribution in [0.4, 0.5) is 5.82 Å². The van der Waals surface area contributed by atoms with Crippen LogP contribution in [0, 0.1) is 0 Å². The third-order valence-electron chi connectivity index (χ3n) is 3.64. The van der Waals surface area contributed by atoms with Crippen molar-refractivity contribution in [1.29, 1.82) is 0 Å². The minimum Gasteiger partial charge on any atom is -0.405 e. The summed E-state index contributed by atoms with van der Waals surface area (Å²) in [5, 5.41) is 4.64. The second-order valence-corrected chi connectivity index (χ2v) is 5.80. The smallest absolute Gasteiger partial charge is 0.171 e. The SMILES string of the molecule is CCCc1c(CC(C=CN)=Nc2ncccc2Cl)ncn2ncnc12. The normalized spacial score (nSPS) is 12.3. The zero-order valence-electron chi connectivity index (χ0n) is 13.8. The highest BCUT2D eigenvalue weighted by molar-refractivity contribution is 6.32. The summed E-state index contributed by atoms with van der Waals surface area (Å²) in [6.45, 7) is 2.12. The number of aryl methyl sites for hydroxylation is 1. The second-order valence-electron chi connectivity index (χ2n) is 5.40. The highest BCUT2D eigenvalue weighted by Crippen LogP contribution is 2.22. The van der Waals surface area contributed by atoms with E-state index in [1.54, 1.807) is 35.2 Å². The maximum Gasteiger partial charge on any atom is 0.171 e. The van der Waals surface area contributed by atoms with Crippen molar-refractivity contribution in [2.45, 2.75) is 26.2 Å². The largest absolute Gasteiger partial charge is 0.405 e. The Morgan fingerprint density at radius 3 is 3.00 bits per heavy atom. The average molecular weight is 356 g/mol. The van der Waals surface area contributed by atoms with E-state index in [9.17, 15) is 0 Å². The summed E-state index contributed by atoms with van der Waals surface area (Å²) in [4.78, 5) is 17.6. The van der Waals surface area contributed by atoms with Crippen LogP contribution in [0.25, 0.3) is 5.65 Å². The maximum atomic E-state index is 6.15. The van der Waals surface area contributed by atoms with Gasteiger partial charge in [0.1, 0.15) is 12.7 Å². The lowest BCUT2D eigenvalue weighted by molar-refractivity contribution is 0.844. The van der Waals surface area contributed by atoms with E-state index >= 15 is 0 Å². The van der Waals surface area contributed by atoms with Crippen LogP contribution in [0.5, 0.6) is 0 Å². The van der Waals surface area contributed by atoms with Gasteiger partial charge in [-0.25, -0.2) is 24.5 Å². The van der Waals surface area contributed by atoms with Crippen LogP contribution in [0.2, 0.25) is 5.02 Å². The van der Waals surface area contributed by atoms with Gasteiger partial charge in [0.15, 0.2) is 11.5 Å². The Morgan fingerprint density at radius 2 is 2.24 bits per heavy atom. The minimum absolute atomic E-state index is 0.456. The number of pyridine rings is 1. The van der Waals surface area contributed by atoms with Crippen LogP contribution in [0.15, 0.2) is 48.3 Å². The van der Waals surface area contributed by atoms with Crippen LogP contribution < -0.4 is 5.73 Å². The molecule has 3 aromatic heterocycles. The summed E-state index contributed by atoms with van der Waals surface area (Å²) in [7, 11) is 0. The van der Waals surface area contributed by atoms with E-state index < -0.39 is 0 Å². The fourth-order valence-electron chi connectivity index (χ4n) is 2.55. The summed E-state index contributed by atoms with van der Waals surface area (Å²) in [6, 6.07) is 3.51. The number of rotatable bonds is 6. The Morgan fingerprint density at radius 1 is 1.36 bits per heavy atom. The molecule has 0 aliphatic rings. The fraction of sp³-hybridized carbons (Fsp3) is 0.235. The number of nitrogens with two attached hydrogens (primary N) is 1. The molecule has 3 rings (SSSR count). The summed E-state index contributed by atoms with van der Waals surface area (Å²) < 4.78 is 1.68. The van der Waals surface area contributed by atoms with E-state index in [0.29, 0.717) is 17.3 Å². The predicted molar refractivity (Wildman–Crippen MR) is 98.2 cm³/mol. The van der Waals surface area contributed by atoms with Crippen molar-refractivity contribution in [3.63, 3.8) is 0 Å². The van der Waals surface area contributed by atoms with Gasteiger partial charge in [-0.05, 0) is 30.8 Å². The molecule has 0 aromatic carbocycles. The van der Waals surface area contributed by atoms with Gasteiger partial charge in [-0.1, -0.05) is 24.9 Å². The van der Waals surface area contributed by atoms with Gasteiger partial charge in [0.05, 0.1) is 16.4 Å². The van der Waals surface area contributed by atoms with Gasteiger partial charge in [-0.3, -0.25) is 0 Å². The van der Waals surface area contributed by atoms with Crippen molar-refractivity contribution in [2.24, 2.45) is 10.7 Å². The molecule has 0 bridgehead atoms. The highest BCUT2D eigenvalue weighted by atomic mass is 35.5. The Balaban J connectivity index is 2.02. The summed E-state index contributed by atoms with van der Waals surface area (Å²) in [5.74, 6) is 0.456. The second kappa shape index (κ2) is 7.85. The lowest BCUT2D eigenvalue weighted by atomic mass is 10.0. The molecule has 128 valence electrons. The Bertz CT molecular complexity index is 930. The third-order valence-corrected chi connectivity index (χ3v) is 3.94. The van der Waals surface area contributed by atoms with E-state index in [4.69, 9.17) is 17.3 Å². The molecule has 0 saturated heterocycles. The molecule has 0 unspecified atom stereocenters. The lowest BCUT2D eigenvalue weighted by Crippen LogP contribution is -2.09. The van der Waals surface area contributed by atoms with E-state index in [0.717, 1.165) is 35.5 Å². The topological polar surface area (TPSA) is 94.3 Å². The predicted octanol–water partition coefficient (Wildman–Crippen LogP) is 2.91. The van der Waals surface area contributed by atoms with Gasteiger partial charge in [0.25, 0.3) is 0 Å². The molecule has 0 radical (unpaired) electrons. The van der Waals surface area contributed by atoms with Crippen LogP contribution in [0.1, 0.15) is 24.6 Å². The van der Waals surface area contributed by atoms with Gasteiger partial charge in [-0.2, -0.15) is 5.10 Å². The first-order chi connectivity index (χ1) is 12.2. The number of hydrogen-bond donors (Lipinski definition) is 1. The fourth-order valence-corrected chi connectivity index (χ4v) is 2.72. The van der Waals surface area contributed by atoms with Gasteiger partial charge in [-0.15, -0.1) is 0 Å². The van der Waals surface area contributed by atoms with Crippen molar-refractivity contribution >= 4 is 28.8 Å². The van der Waals surface area contributed by atoms with Gasteiger partial charge in [0, 0.05) is 18.2 Å². The van der Waals surface area contributed by atoms with Crippen LogP contribution in [-0.4, -0.2) is 30.3 Å². The molecule has 0 atom stereocenters. The van der Waals surface area contributed by atoms with Crippen molar-refractivity contribution in [2.75, 3.05) is 0 Å².